The van der Waals surface area contributed by atoms with E-state index in [1.54, 1.807) is 0 Å². The van der Waals surface area contributed by atoms with Crippen molar-refractivity contribution in [3.05, 3.63) is 29.8 Å². The number of amides is 1. The first-order valence-electron chi connectivity index (χ1n) is 8.12. The molecule has 0 saturated carbocycles. The van der Waals surface area contributed by atoms with Crippen molar-refractivity contribution in [2.45, 2.75) is 44.9 Å². The molecular formula is C17H27N3O3. The Bertz CT molecular complexity index is 522. The minimum absolute atomic E-state index is 0.00318. The van der Waals surface area contributed by atoms with Crippen LogP contribution in [-0.4, -0.2) is 53.8 Å². The van der Waals surface area contributed by atoms with Crippen LogP contribution in [0.25, 0.3) is 0 Å². The Balaban J connectivity index is 2.09. The number of nitrogens with zero attached hydrogens (tertiary/aromatic N) is 1. The van der Waals surface area contributed by atoms with Gasteiger partial charge in [-0.1, -0.05) is 18.2 Å². The second-order valence-corrected chi connectivity index (χ2v) is 6.28. The average molecular weight is 321 g/mol. The summed E-state index contributed by atoms with van der Waals surface area (Å²) >= 11 is 0. The average Bonchev–Trinajstić information content (AvgIpc) is 2.86. The summed E-state index contributed by atoms with van der Waals surface area (Å²) in [5.41, 5.74) is 7.07. The molecule has 0 bridgehead atoms. The fraction of sp³-hybridized carbons (Fsp3) is 0.588. The van der Waals surface area contributed by atoms with Gasteiger partial charge in [-0.05, 0) is 26.3 Å². The van der Waals surface area contributed by atoms with Gasteiger partial charge in [0, 0.05) is 30.7 Å². The second kappa shape index (κ2) is 8.29. The molecule has 4 N–H and O–H groups in total. The molecule has 0 spiro atoms. The fourth-order valence-electron chi connectivity index (χ4n) is 2.92. The highest BCUT2D eigenvalue weighted by Crippen LogP contribution is 2.25. The quantitative estimate of drug-likeness (QED) is 0.680. The van der Waals surface area contributed by atoms with Crippen molar-refractivity contribution >= 4 is 5.91 Å². The summed E-state index contributed by atoms with van der Waals surface area (Å²) in [7, 11) is 0. The van der Waals surface area contributed by atoms with Gasteiger partial charge in [-0.15, -0.1) is 0 Å². The number of hydrogen-bond donors (Lipinski definition) is 3. The maximum atomic E-state index is 12.4. The van der Waals surface area contributed by atoms with E-state index in [0.29, 0.717) is 19.5 Å². The number of nitrogens with two attached hydrogens (primary N) is 1. The van der Waals surface area contributed by atoms with Crippen molar-refractivity contribution < 1.29 is 14.6 Å². The molecule has 6 heteroatoms. The summed E-state index contributed by atoms with van der Waals surface area (Å²) in [6.45, 7) is 5.43. The van der Waals surface area contributed by atoms with Gasteiger partial charge in [-0.3, -0.25) is 9.69 Å². The van der Waals surface area contributed by atoms with Crippen LogP contribution in [0.5, 0.6) is 5.75 Å². The molecule has 6 nitrogen and oxygen atoms in total. The van der Waals surface area contributed by atoms with E-state index in [4.69, 9.17) is 15.6 Å². The molecule has 1 aromatic carbocycles. The third-order valence-corrected chi connectivity index (χ3v) is 3.86. The van der Waals surface area contributed by atoms with Crippen molar-refractivity contribution in [3.8, 4) is 5.75 Å². The van der Waals surface area contributed by atoms with E-state index in [9.17, 15) is 4.79 Å². The number of aliphatic hydroxyl groups excluding tert-OH is 1. The Hall–Kier alpha value is -1.63. The number of hydrogen-bond acceptors (Lipinski definition) is 5. The van der Waals surface area contributed by atoms with Gasteiger partial charge in [0.2, 0.25) is 5.91 Å². The van der Waals surface area contributed by atoms with Crippen LogP contribution in [0, 0.1) is 0 Å². The molecule has 1 heterocycles. The lowest BCUT2D eigenvalue weighted by Gasteiger charge is -2.25. The van der Waals surface area contributed by atoms with Crippen molar-refractivity contribution in [1.82, 2.24) is 10.2 Å². The van der Waals surface area contributed by atoms with Gasteiger partial charge in [-0.25, -0.2) is 0 Å². The maximum absolute atomic E-state index is 12.4. The van der Waals surface area contributed by atoms with Crippen LogP contribution in [0.2, 0.25) is 0 Å². The number of nitrogens with one attached hydrogen (secondary N) is 1. The number of carbonyl (C=O) groups is 1. The van der Waals surface area contributed by atoms with Crippen LogP contribution in [0.4, 0.5) is 0 Å². The number of ether oxygens (including phenoxy) is 1. The minimum Gasteiger partial charge on any atom is -0.491 e. The van der Waals surface area contributed by atoms with Crippen LogP contribution in [0.3, 0.4) is 0 Å². The third-order valence-electron chi connectivity index (χ3n) is 3.86. The highest BCUT2D eigenvalue weighted by atomic mass is 16.5. The molecule has 2 atom stereocenters. The molecule has 2 unspecified atom stereocenters. The summed E-state index contributed by atoms with van der Waals surface area (Å²) in [6, 6.07) is 7.61. The lowest BCUT2D eigenvalue weighted by molar-refractivity contribution is -0.126. The Morgan fingerprint density at radius 1 is 1.48 bits per heavy atom. The Morgan fingerprint density at radius 2 is 2.22 bits per heavy atom. The number of likely N-dealkylation sites (tertiary alicyclic amines) is 1. The molecule has 2 rings (SSSR count). The summed E-state index contributed by atoms with van der Waals surface area (Å²) in [4.78, 5) is 14.5. The van der Waals surface area contributed by atoms with E-state index in [1.165, 1.54) is 0 Å². The molecule has 1 aliphatic rings. The zero-order valence-electron chi connectivity index (χ0n) is 13.9. The lowest BCUT2D eigenvalue weighted by Crippen LogP contribution is -2.45. The Kier molecular flexibility index (Phi) is 6.38. The first kappa shape index (κ1) is 17.7. The standard InChI is InChI=1S/C17H27N3O3/c1-12(2)19-17(22)15-9-14(18)11-20(15)10-13-5-3-4-6-16(13)23-8-7-21/h3-6,12,14-15,21H,7-11,18H2,1-2H3,(H,19,22). The maximum Gasteiger partial charge on any atom is 0.237 e. The van der Waals surface area contributed by atoms with Gasteiger partial charge >= 0.3 is 0 Å². The smallest absolute Gasteiger partial charge is 0.237 e. The molecular weight excluding hydrogens is 294 g/mol. The first-order valence-corrected chi connectivity index (χ1v) is 8.12. The van der Waals surface area contributed by atoms with E-state index < -0.39 is 0 Å². The summed E-state index contributed by atoms with van der Waals surface area (Å²) in [5, 5.41) is 11.9. The number of aliphatic hydroxyl groups is 1. The van der Waals surface area contributed by atoms with Gasteiger partial charge in [0.15, 0.2) is 0 Å². The Labute approximate surface area is 137 Å². The van der Waals surface area contributed by atoms with Gasteiger partial charge in [-0.2, -0.15) is 0 Å². The number of carbonyl (C=O) groups excluding carboxylic acids is 1. The molecule has 128 valence electrons. The van der Waals surface area contributed by atoms with Crippen LogP contribution in [0.15, 0.2) is 24.3 Å². The van der Waals surface area contributed by atoms with Crippen molar-refractivity contribution in [1.29, 1.82) is 0 Å². The summed E-state index contributed by atoms with van der Waals surface area (Å²) in [5.74, 6) is 0.770. The molecule has 1 saturated heterocycles. The summed E-state index contributed by atoms with van der Waals surface area (Å²) < 4.78 is 5.58. The zero-order chi connectivity index (χ0) is 16.8. The molecule has 0 aromatic heterocycles. The zero-order valence-corrected chi connectivity index (χ0v) is 13.9. The van der Waals surface area contributed by atoms with E-state index in [-0.39, 0.29) is 37.2 Å². The monoisotopic (exact) mass is 321 g/mol. The third kappa shape index (κ3) is 4.92. The molecule has 1 amide bonds. The van der Waals surface area contributed by atoms with Gasteiger partial charge in [0.1, 0.15) is 12.4 Å². The predicted molar refractivity (Wildman–Crippen MR) is 89.1 cm³/mol. The fourth-order valence-corrected chi connectivity index (χ4v) is 2.92. The van der Waals surface area contributed by atoms with Crippen LogP contribution < -0.4 is 15.8 Å². The molecule has 1 aliphatic heterocycles. The molecule has 1 fully saturated rings. The lowest BCUT2D eigenvalue weighted by atomic mass is 10.1. The van der Waals surface area contributed by atoms with Crippen LogP contribution >= 0.6 is 0 Å². The van der Waals surface area contributed by atoms with Crippen LogP contribution in [0.1, 0.15) is 25.8 Å². The first-order chi connectivity index (χ1) is 11.0. The highest BCUT2D eigenvalue weighted by Gasteiger charge is 2.35. The van der Waals surface area contributed by atoms with E-state index in [0.717, 1.165) is 11.3 Å². The predicted octanol–water partition coefficient (Wildman–Crippen LogP) is 0.484. The topological polar surface area (TPSA) is 87.8 Å². The largest absolute Gasteiger partial charge is 0.491 e. The number of rotatable bonds is 7. The SMILES string of the molecule is CC(C)NC(=O)C1CC(N)CN1Cc1ccccc1OCCO. The molecule has 1 aromatic rings. The normalized spacial score (nSPS) is 21.6. The van der Waals surface area contributed by atoms with E-state index in [1.807, 2.05) is 38.1 Å². The van der Waals surface area contributed by atoms with Crippen LogP contribution in [-0.2, 0) is 11.3 Å². The van der Waals surface area contributed by atoms with E-state index >= 15 is 0 Å². The van der Waals surface area contributed by atoms with Crippen molar-refractivity contribution in [2.24, 2.45) is 5.73 Å². The molecule has 0 aliphatic carbocycles. The van der Waals surface area contributed by atoms with Crippen molar-refractivity contribution in [3.63, 3.8) is 0 Å². The summed E-state index contributed by atoms with van der Waals surface area (Å²) in [6.07, 6.45) is 0.665. The molecule has 0 radical (unpaired) electrons. The van der Waals surface area contributed by atoms with Gasteiger partial charge < -0.3 is 20.9 Å². The van der Waals surface area contributed by atoms with Gasteiger partial charge in [0.25, 0.3) is 0 Å². The van der Waals surface area contributed by atoms with Gasteiger partial charge in [0.05, 0.1) is 12.6 Å². The Morgan fingerprint density at radius 3 is 2.91 bits per heavy atom. The molecule has 23 heavy (non-hydrogen) atoms. The highest BCUT2D eigenvalue weighted by molar-refractivity contribution is 5.82. The second-order valence-electron chi connectivity index (χ2n) is 6.28. The van der Waals surface area contributed by atoms with Crippen molar-refractivity contribution in [2.75, 3.05) is 19.8 Å². The number of benzene rings is 1. The minimum atomic E-state index is -0.210. The van der Waals surface area contributed by atoms with E-state index in [2.05, 4.69) is 10.2 Å². The number of para-hydroxylation sites is 1.